The summed E-state index contributed by atoms with van der Waals surface area (Å²) in [5, 5.41) is 9.91. The molecule has 150 valence electrons. The first-order chi connectivity index (χ1) is 13.4. The van der Waals surface area contributed by atoms with Gasteiger partial charge in [-0.05, 0) is 45.3 Å². The highest BCUT2D eigenvalue weighted by Gasteiger charge is 2.51. The quantitative estimate of drug-likeness (QED) is 0.832. The van der Waals surface area contributed by atoms with Gasteiger partial charge < -0.3 is 10.1 Å². The Morgan fingerprint density at radius 1 is 1.18 bits per heavy atom. The number of hydrogen-bond donors (Lipinski definition) is 2. The van der Waals surface area contributed by atoms with Crippen LogP contribution >= 0.6 is 0 Å². The van der Waals surface area contributed by atoms with Crippen molar-refractivity contribution in [3.63, 3.8) is 0 Å². The topological polar surface area (TPSA) is 72.5 Å². The molecule has 1 spiro atoms. The number of aromatic amines is 1. The van der Waals surface area contributed by atoms with Gasteiger partial charge in [-0.3, -0.25) is 14.6 Å². The maximum atomic E-state index is 12.0. The van der Waals surface area contributed by atoms with Gasteiger partial charge >= 0.3 is 5.97 Å². The summed E-state index contributed by atoms with van der Waals surface area (Å²) in [5.41, 5.74) is 4.63. The number of rotatable bonds is 5. The number of H-pyrrole nitrogens is 1. The molecule has 2 aromatic rings. The van der Waals surface area contributed by atoms with Crippen molar-refractivity contribution in [1.29, 1.82) is 0 Å². The Labute approximate surface area is 166 Å². The number of hydrogen-bond acceptors (Lipinski definition) is 4. The molecule has 1 unspecified atom stereocenters. The van der Waals surface area contributed by atoms with Crippen molar-refractivity contribution in [2.24, 2.45) is 11.3 Å². The predicted molar refractivity (Wildman–Crippen MR) is 108 cm³/mol. The van der Waals surface area contributed by atoms with Gasteiger partial charge in [0.1, 0.15) is 0 Å². The molecule has 6 nitrogen and oxygen atoms in total. The smallest absolute Gasteiger partial charge is 0.308 e. The average Bonchev–Trinajstić information content (AvgIpc) is 3.23. The number of nitrogens with one attached hydrogen (secondary N) is 1. The number of benzene rings is 1. The van der Waals surface area contributed by atoms with Gasteiger partial charge in [0, 0.05) is 37.3 Å². The van der Waals surface area contributed by atoms with Crippen molar-refractivity contribution < 1.29 is 9.90 Å². The van der Waals surface area contributed by atoms with Crippen molar-refractivity contribution in [2.75, 3.05) is 26.2 Å². The van der Waals surface area contributed by atoms with Crippen LogP contribution in [0.1, 0.15) is 35.4 Å². The van der Waals surface area contributed by atoms with Crippen molar-refractivity contribution in [3.8, 4) is 0 Å². The molecule has 1 aromatic heterocycles. The molecular weight excluding hydrogens is 352 g/mol. The molecule has 2 fully saturated rings. The van der Waals surface area contributed by atoms with Crippen LogP contribution in [0.4, 0.5) is 0 Å². The summed E-state index contributed by atoms with van der Waals surface area (Å²) in [7, 11) is 0. The Hall–Kier alpha value is -2.18. The monoisotopic (exact) mass is 382 g/mol. The minimum absolute atomic E-state index is 0.104. The van der Waals surface area contributed by atoms with Crippen LogP contribution in [0.25, 0.3) is 0 Å². The van der Waals surface area contributed by atoms with Crippen molar-refractivity contribution >= 4 is 5.97 Å². The lowest BCUT2D eigenvalue weighted by Gasteiger charge is -2.41. The lowest BCUT2D eigenvalue weighted by Crippen LogP contribution is -2.45. The fourth-order valence-corrected chi connectivity index (χ4v) is 4.91. The minimum Gasteiger partial charge on any atom is -0.481 e. The maximum absolute atomic E-state index is 12.0. The fraction of sp³-hybridized carbons (Fsp3) is 0.545. The second-order valence-corrected chi connectivity index (χ2v) is 8.66. The number of carboxylic acids is 1. The Balaban J connectivity index is 1.41. The summed E-state index contributed by atoms with van der Waals surface area (Å²) < 4.78 is 0. The van der Waals surface area contributed by atoms with E-state index in [0.717, 1.165) is 57.0 Å². The molecule has 0 aliphatic carbocycles. The molecule has 2 N–H and O–H groups in total. The molecule has 28 heavy (non-hydrogen) atoms. The summed E-state index contributed by atoms with van der Waals surface area (Å²) >= 11 is 0. The zero-order chi connectivity index (χ0) is 19.7. The molecule has 0 saturated carbocycles. The Bertz CT molecular complexity index is 821. The maximum Gasteiger partial charge on any atom is 0.308 e. The van der Waals surface area contributed by atoms with Crippen molar-refractivity contribution in [1.82, 2.24) is 19.8 Å². The van der Waals surface area contributed by atoms with Gasteiger partial charge in [-0.1, -0.05) is 29.8 Å². The van der Waals surface area contributed by atoms with Crippen LogP contribution in [0.3, 0.4) is 0 Å². The van der Waals surface area contributed by atoms with Crippen LogP contribution in [0, 0.1) is 25.2 Å². The van der Waals surface area contributed by atoms with Gasteiger partial charge in [0.05, 0.1) is 17.9 Å². The summed E-state index contributed by atoms with van der Waals surface area (Å²) in [4.78, 5) is 24.3. The summed E-state index contributed by atoms with van der Waals surface area (Å²) in [6, 6.07) is 8.58. The first-order valence-corrected chi connectivity index (χ1v) is 10.2. The Kier molecular flexibility index (Phi) is 5.25. The van der Waals surface area contributed by atoms with Crippen LogP contribution < -0.4 is 0 Å². The summed E-state index contributed by atoms with van der Waals surface area (Å²) in [6.07, 6.45) is 3.63. The first kappa shape index (κ1) is 19.2. The number of nitrogens with zero attached hydrogens (tertiary/aromatic N) is 3. The molecule has 1 aromatic carbocycles. The SMILES string of the molecule is Cc1ccc(CN2CC(C(=O)O)C3(CCN(Cc4nc[nH]c4C)CC3)C2)cc1. The van der Waals surface area contributed by atoms with Gasteiger partial charge in [-0.25, -0.2) is 4.98 Å². The lowest BCUT2D eigenvalue weighted by atomic mass is 9.71. The number of carboxylic acid groups (broad SMARTS) is 1. The highest BCUT2D eigenvalue weighted by Crippen LogP contribution is 2.45. The van der Waals surface area contributed by atoms with E-state index in [2.05, 4.69) is 51.0 Å². The van der Waals surface area contributed by atoms with Crippen molar-refractivity contribution in [2.45, 2.75) is 39.8 Å². The number of likely N-dealkylation sites (tertiary alicyclic amines) is 2. The number of aryl methyl sites for hydroxylation is 2. The molecule has 2 aliphatic heterocycles. The number of piperidine rings is 1. The molecule has 0 bridgehead atoms. The van der Waals surface area contributed by atoms with Crippen molar-refractivity contribution in [3.05, 3.63) is 53.1 Å². The van der Waals surface area contributed by atoms with Crippen LogP contribution in [-0.4, -0.2) is 57.0 Å². The van der Waals surface area contributed by atoms with Crippen LogP contribution in [0.5, 0.6) is 0 Å². The third-order valence-electron chi connectivity index (χ3n) is 6.70. The molecular formula is C22H30N4O2. The highest BCUT2D eigenvalue weighted by atomic mass is 16.4. The van der Waals surface area contributed by atoms with E-state index < -0.39 is 5.97 Å². The average molecular weight is 383 g/mol. The molecule has 0 radical (unpaired) electrons. The van der Waals surface area contributed by atoms with Gasteiger partial charge in [-0.2, -0.15) is 0 Å². The summed E-state index contributed by atoms with van der Waals surface area (Å²) in [6.45, 7) is 9.23. The molecule has 0 amide bonds. The number of aromatic nitrogens is 2. The van der Waals surface area contributed by atoms with E-state index in [9.17, 15) is 9.90 Å². The largest absolute Gasteiger partial charge is 0.481 e. The fourth-order valence-electron chi connectivity index (χ4n) is 4.91. The highest BCUT2D eigenvalue weighted by molar-refractivity contribution is 5.72. The molecule has 2 aliphatic rings. The van der Waals surface area contributed by atoms with E-state index >= 15 is 0 Å². The molecule has 6 heteroatoms. The number of carbonyl (C=O) groups is 1. The van der Waals surface area contributed by atoms with Crippen LogP contribution in [-0.2, 0) is 17.9 Å². The van der Waals surface area contributed by atoms with E-state index in [1.165, 1.54) is 11.1 Å². The van der Waals surface area contributed by atoms with Gasteiger partial charge in [0.25, 0.3) is 0 Å². The molecule has 2 saturated heterocycles. The Morgan fingerprint density at radius 3 is 2.50 bits per heavy atom. The van der Waals surface area contributed by atoms with E-state index in [0.29, 0.717) is 6.54 Å². The van der Waals surface area contributed by atoms with Gasteiger partial charge in [0.2, 0.25) is 0 Å². The van der Waals surface area contributed by atoms with Gasteiger partial charge in [-0.15, -0.1) is 0 Å². The zero-order valence-corrected chi connectivity index (χ0v) is 16.8. The second-order valence-electron chi connectivity index (χ2n) is 8.66. The predicted octanol–water partition coefficient (Wildman–Crippen LogP) is 2.83. The minimum atomic E-state index is -0.636. The standard InChI is InChI=1S/C22H30N4O2/c1-16-3-5-18(6-4-16)11-26-12-19(21(27)28)22(14-26)7-9-25(10-8-22)13-20-17(2)23-15-24-20/h3-6,15,19H,7-14H2,1-2H3,(H,23,24)(H,27,28). The number of imidazole rings is 1. The molecule has 4 rings (SSSR count). The molecule has 3 heterocycles. The third-order valence-corrected chi connectivity index (χ3v) is 6.70. The molecule has 1 atom stereocenters. The third kappa shape index (κ3) is 3.84. The van der Waals surface area contributed by atoms with Crippen LogP contribution in [0.2, 0.25) is 0 Å². The zero-order valence-electron chi connectivity index (χ0n) is 16.8. The van der Waals surface area contributed by atoms with E-state index in [4.69, 9.17) is 0 Å². The lowest BCUT2D eigenvalue weighted by molar-refractivity contribution is -0.146. The number of aliphatic carboxylic acids is 1. The van der Waals surface area contributed by atoms with E-state index in [1.54, 1.807) is 6.33 Å². The second kappa shape index (κ2) is 7.68. The Morgan fingerprint density at radius 2 is 1.89 bits per heavy atom. The van der Waals surface area contributed by atoms with Crippen LogP contribution in [0.15, 0.2) is 30.6 Å². The normalized spacial score (nSPS) is 22.7. The van der Waals surface area contributed by atoms with Gasteiger partial charge in [0.15, 0.2) is 0 Å². The van der Waals surface area contributed by atoms with E-state index in [-0.39, 0.29) is 11.3 Å². The summed E-state index contributed by atoms with van der Waals surface area (Å²) in [5.74, 6) is -0.907. The first-order valence-electron chi connectivity index (χ1n) is 10.2. The van der Waals surface area contributed by atoms with E-state index in [1.807, 2.05) is 6.92 Å².